The zero-order valence-electron chi connectivity index (χ0n) is 24.2. The van der Waals surface area contributed by atoms with Crippen LogP contribution in [0.2, 0.25) is 0 Å². The smallest absolute Gasteiger partial charge is 0.408 e. The van der Waals surface area contributed by atoms with Crippen LogP contribution in [0.3, 0.4) is 0 Å². The summed E-state index contributed by atoms with van der Waals surface area (Å²) in [6, 6.07) is 9.72. The lowest BCUT2D eigenvalue weighted by atomic mass is 9.91. The molecule has 2 rings (SSSR count). The molecule has 0 bridgehead atoms. The number of aryl methyl sites for hydroxylation is 3. The number of nitrogens with one attached hydrogen (secondary N) is 2. The summed E-state index contributed by atoms with van der Waals surface area (Å²) in [5.41, 5.74) is 3.81. The molecule has 0 heterocycles. The van der Waals surface area contributed by atoms with Crippen LogP contribution in [0.25, 0.3) is 0 Å². The summed E-state index contributed by atoms with van der Waals surface area (Å²) in [6.07, 6.45) is -0.689. The van der Waals surface area contributed by atoms with Crippen LogP contribution >= 0.6 is 0 Å². The van der Waals surface area contributed by atoms with Crippen molar-refractivity contribution in [2.24, 2.45) is 0 Å². The van der Waals surface area contributed by atoms with Crippen molar-refractivity contribution in [3.8, 4) is 0 Å². The summed E-state index contributed by atoms with van der Waals surface area (Å²) in [7, 11) is 0. The van der Waals surface area contributed by atoms with Gasteiger partial charge in [0.2, 0.25) is 5.91 Å². The van der Waals surface area contributed by atoms with Crippen LogP contribution < -0.4 is 10.6 Å². The Morgan fingerprint density at radius 1 is 0.838 bits per heavy atom. The first-order valence-corrected chi connectivity index (χ1v) is 12.7. The number of carbonyl (C=O) groups excluding carboxylic acids is 3. The highest BCUT2D eigenvalue weighted by molar-refractivity contribution is 6.00. The predicted octanol–water partition coefficient (Wildman–Crippen LogP) is 6.14. The van der Waals surface area contributed by atoms with E-state index in [4.69, 9.17) is 4.74 Å². The number of ether oxygens (including phenoxy) is 1. The fraction of sp³-hybridized carbons (Fsp3) is 0.500. The second-order valence-corrected chi connectivity index (χ2v) is 11.7. The van der Waals surface area contributed by atoms with Gasteiger partial charge in [-0.1, -0.05) is 36.4 Å². The van der Waals surface area contributed by atoms with E-state index < -0.39 is 29.3 Å². The highest BCUT2D eigenvalue weighted by Gasteiger charge is 2.41. The highest BCUT2D eigenvalue weighted by atomic mass is 16.6. The molecule has 3 amide bonds. The lowest BCUT2D eigenvalue weighted by molar-refractivity contribution is -0.146. The van der Waals surface area contributed by atoms with E-state index in [0.29, 0.717) is 0 Å². The van der Waals surface area contributed by atoms with Crippen LogP contribution in [-0.2, 0) is 14.3 Å². The third kappa shape index (κ3) is 7.57. The third-order valence-corrected chi connectivity index (χ3v) is 6.24. The Hall–Kier alpha value is -3.35. The van der Waals surface area contributed by atoms with Crippen LogP contribution in [0.15, 0.2) is 36.4 Å². The first-order chi connectivity index (χ1) is 16.9. The molecule has 0 aliphatic rings. The summed E-state index contributed by atoms with van der Waals surface area (Å²) in [5, 5.41) is 5.74. The van der Waals surface area contributed by atoms with E-state index in [0.717, 1.165) is 33.5 Å². The fourth-order valence-electron chi connectivity index (χ4n) is 4.27. The fourth-order valence-corrected chi connectivity index (χ4v) is 4.27. The molecule has 0 radical (unpaired) electrons. The van der Waals surface area contributed by atoms with Crippen LogP contribution in [0, 0.1) is 27.7 Å². The number of anilines is 1. The molecule has 0 spiro atoms. The number of nitrogens with zero attached hydrogens (tertiary/aromatic N) is 1. The van der Waals surface area contributed by atoms with Gasteiger partial charge in [-0.2, -0.15) is 0 Å². The summed E-state index contributed by atoms with van der Waals surface area (Å²) in [6.45, 7) is 20.4. The number of para-hydroxylation sites is 1. The molecule has 2 N–H and O–H groups in total. The summed E-state index contributed by atoms with van der Waals surface area (Å²) >= 11 is 0. The molecule has 0 aromatic heterocycles. The monoisotopic (exact) mass is 509 g/mol. The van der Waals surface area contributed by atoms with Crippen molar-refractivity contribution in [2.45, 2.75) is 99.4 Å². The minimum atomic E-state index is -0.936. The molecule has 0 saturated heterocycles. The lowest BCUT2D eigenvalue weighted by Crippen LogP contribution is -2.57. The number of amides is 3. The molecule has 7 heteroatoms. The molecule has 202 valence electrons. The van der Waals surface area contributed by atoms with Crippen molar-refractivity contribution in [3.63, 3.8) is 0 Å². The summed E-state index contributed by atoms with van der Waals surface area (Å²) < 4.78 is 5.36. The molecule has 7 nitrogen and oxygen atoms in total. The van der Waals surface area contributed by atoms with Crippen molar-refractivity contribution in [1.29, 1.82) is 0 Å². The number of carbonyl (C=O) groups is 3. The summed E-state index contributed by atoms with van der Waals surface area (Å²) in [4.78, 5) is 42.1. The van der Waals surface area contributed by atoms with Gasteiger partial charge in [0.05, 0.1) is 0 Å². The maximum Gasteiger partial charge on any atom is 0.408 e. The molecular formula is C30H43N3O4. The third-order valence-electron chi connectivity index (χ3n) is 6.24. The maximum atomic E-state index is 14.1. The van der Waals surface area contributed by atoms with Crippen molar-refractivity contribution in [3.05, 3.63) is 64.2 Å². The van der Waals surface area contributed by atoms with Crippen LogP contribution in [0.5, 0.6) is 0 Å². The molecule has 37 heavy (non-hydrogen) atoms. The second kappa shape index (κ2) is 11.4. The number of hydrogen-bond acceptors (Lipinski definition) is 4. The van der Waals surface area contributed by atoms with E-state index in [-0.39, 0.29) is 11.8 Å². The van der Waals surface area contributed by atoms with Gasteiger partial charge in [0.1, 0.15) is 17.7 Å². The molecule has 0 aliphatic carbocycles. The number of rotatable bonds is 6. The molecule has 2 unspecified atom stereocenters. The van der Waals surface area contributed by atoms with E-state index in [9.17, 15) is 14.4 Å². The topological polar surface area (TPSA) is 87.7 Å². The number of alkyl carbamates (subject to hydrolysis) is 1. The van der Waals surface area contributed by atoms with E-state index >= 15 is 0 Å². The maximum absolute atomic E-state index is 14.1. The standard InChI is InChI=1S/C30H43N3O4/c1-18-14-13-17-23(21(18)4)25(26(34)32-24-19(2)15-12-16-20(24)3)33(29(6,7)8)27(35)22(5)31-28(36)37-30(9,10)11/h12-17,22,25H,1-11H3,(H,31,36)(H,32,34). The average molecular weight is 510 g/mol. The Labute approximate surface area is 222 Å². The van der Waals surface area contributed by atoms with Gasteiger partial charge in [0.25, 0.3) is 5.91 Å². The first kappa shape index (κ1) is 29.9. The van der Waals surface area contributed by atoms with Crippen molar-refractivity contribution in [1.82, 2.24) is 10.2 Å². The van der Waals surface area contributed by atoms with Gasteiger partial charge in [-0.25, -0.2) is 4.79 Å². The van der Waals surface area contributed by atoms with Gasteiger partial charge in [0, 0.05) is 11.2 Å². The Balaban J connectivity index is 2.60. The largest absolute Gasteiger partial charge is 0.444 e. The van der Waals surface area contributed by atoms with Gasteiger partial charge < -0.3 is 20.3 Å². The lowest BCUT2D eigenvalue weighted by Gasteiger charge is -2.43. The number of benzene rings is 2. The zero-order valence-corrected chi connectivity index (χ0v) is 24.2. The quantitative estimate of drug-likeness (QED) is 0.490. The molecule has 2 aromatic rings. The SMILES string of the molecule is Cc1cccc(C(C(=O)Nc2c(C)cccc2C)N(C(=O)C(C)NC(=O)OC(C)(C)C)C(C)(C)C)c1C. The van der Waals surface area contributed by atoms with Gasteiger partial charge >= 0.3 is 6.09 Å². The molecule has 0 saturated carbocycles. The minimum absolute atomic E-state index is 0.321. The van der Waals surface area contributed by atoms with Crippen LogP contribution in [-0.4, -0.2) is 40.0 Å². The number of hydrogen-bond donors (Lipinski definition) is 2. The molecular weight excluding hydrogens is 466 g/mol. The van der Waals surface area contributed by atoms with Crippen molar-refractivity contribution >= 4 is 23.6 Å². The van der Waals surface area contributed by atoms with Crippen LogP contribution in [0.1, 0.15) is 82.3 Å². The molecule has 0 aliphatic heterocycles. The molecule has 2 aromatic carbocycles. The Morgan fingerprint density at radius 2 is 1.35 bits per heavy atom. The Kier molecular flexibility index (Phi) is 9.18. The first-order valence-electron chi connectivity index (χ1n) is 12.7. The predicted molar refractivity (Wildman–Crippen MR) is 149 cm³/mol. The molecule has 2 atom stereocenters. The van der Waals surface area contributed by atoms with E-state index in [2.05, 4.69) is 10.6 Å². The van der Waals surface area contributed by atoms with Crippen LogP contribution in [0.4, 0.5) is 10.5 Å². The minimum Gasteiger partial charge on any atom is -0.444 e. The average Bonchev–Trinajstić information content (AvgIpc) is 2.74. The van der Waals surface area contributed by atoms with Gasteiger partial charge in [-0.15, -0.1) is 0 Å². The van der Waals surface area contributed by atoms with Gasteiger partial charge in [0.15, 0.2) is 0 Å². The van der Waals surface area contributed by atoms with E-state index in [1.165, 1.54) is 0 Å². The summed E-state index contributed by atoms with van der Waals surface area (Å²) in [5.74, 6) is -0.709. The van der Waals surface area contributed by atoms with E-state index in [1.807, 2.05) is 84.9 Å². The second-order valence-electron chi connectivity index (χ2n) is 11.7. The van der Waals surface area contributed by atoms with Gasteiger partial charge in [-0.05, 0) is 104 Å². The Morgan fingerprint density at radius 3 is 1.86 bits per heavy atom. The molecule has 0 fully saturated rings. The Bertz CT molecular complexity index is 1140. The van der Waals surface area contributed by atoms with Crippen molar-refractivity contribution < 1.29 is 19.1 Å². The normalized spacial score (nSPS) is 13.4. The van der Waals surface area contributed by atoms with Crippen molar-refractivity contribution in [2.75, 3.05) is 5.32 Å². The zero-order chi connectivity index (χ0) is 28.3. The van der Waals surface area contributed by atoms with E-state index in [1.54, 1.807) is 32.6 Å². The van der Waals surface area contributed by atoms with Gasteiger partial charge in [-0.3, -0.25) is 9.59 Å². The highest BCUT2D eigenvalue weighted by Crippen LogP contribution is 2.34.